The number of rotatable bonds is 5. The van der Waals surface area contributed by atoms with Crippen LogP contribution < -0.4 is 9.64 Å². The standard InChI is InChI=1S/C16H17N3OS/c1-3-20-13-8-6-9-14-15(13)18-16(21-14)19(2)11-12-7-4-5-10-17-12/h4-10H,3,11H2,1-2H3. The summed E-state index contributed by atoms with van der Waals surface area (Å²) >= 11 is 1.67. The van der Waals surface area contributed by atoms with Crippen LogP contribution in [0.15, 0.2) is 42.6 Å². The summed E-state index contributed by atoms with van der Waals surface area (Å²) in [7, 11) is 2.03. The zero-order valence-electron chi connectivity index (χ0n) is 12.1. The lowest BCUT2D eigenvalue weighted by atomic mass is 10.3. The first kappa shape index (κ1) is 13.8. The zero-order chi connectivity index (χ0) is 14.7. The van der Waals surface area contributed by atoms with E-state index < -0.39 is 0 Å². The van der Waals surface area contributed by atoms with Crippen LogP contribution in [-0.4, -0.2) is 23.6 Å². The molecule has 0 unspecified atom stereocenters. The maximum absolute atomic E-state index is 5.64. The Bertz CT molecular complexity index is 727. The summed E-state index contributed by atoms with van der Waals surface area (Å²) in [6, 6.07) is 12.0. The van der Waals surface area contributed by atoms with Gasteiger partial charge >= 0.3 is 0 Å². The third-order valence-corrected chi connectivity index (χ3v) is 4.26. The third kappa shape index (κ3) is 2.97. The number of aromatic nitrogens is 2. The van der Waals surface area contributed by atoms with E-state index in [1.807, 2.05) is 50.5 Å². The highest BCUT2D eigenvalue weighted by Crippen LogP contribution is 2.34. The number of ether oxygens (including phenoxy) is 1. The molecule has 0 fully saturated rings. The molecule has 3 aromatic rings. The molecule has 0 atom stereocenters. The largest absolute Gasteiger partial charge is 0.492 e. The monoisotopic (exact) mass is 299 g/mol. The number of benzene rings is 1. The predicted octanol–water partition coefficient (Wildman–Crippen LogP) is 3.73. The number of anilines is 1. The molecule has 0 saturated carbocycles. The van der Waals surface area contributed by atoms with Gasteiger partial charge in [0.15, 0.2) is 5.13 Å². The van der Waals surface area contributed by atoms with Crippen molar-refractivity contribution in [3.05, 3.63) is 48.3 Å². The van der Waals surface area contributed by atoms with Crippen molar-refractivity contribution in [3.63, 3.8) is 0 Å². The molecule has 0 N–H and O–H groups in total. The molecule has 2 heterocycles. The number of hydrogen-bond acceptors (Lipinski definition) is 5. The Morgan fingerprint density at radius 1 is 1.19 bits per heavy atom. The Kier molecular flexibility index (Phi) is 4.01. The lowest BCUT2D eigenvalue weighted by molar-refractivity contribution is 0.344. The highest BCUT2D eigenvalue weighted by molar-refractivity contribution is 7.22. The van der Waals surface area contributed by atoms with Gasteiger partial charge < -0.3 is 9.64 Å². The van der Waals surface area contributed by atoms with Gasteiger partial charge in [0.1, 0.15) is 11.3 Å². The van der Waals surface area contributed by atoms with Crippen molar-refractivity contribution < 1.29 is 4.74 Å². The summed E-state index contributed by atoms with van der Waals surface area (Å²) in [4.78, 5) is 11.2. The first-order valence-corrected chi connectivity index (χ1v) is 7.73. The first-order valence-electron chi connectivity index (χ1n) is 6.91. The van der Waals surface area contributed by atoms with Crippen molar-refractivity contribution in [2.75, 3.05) is 18.6 Å². The number of fused-ring (bicyclic) bond motifs is 1. The van der Waals surface area contributed by atoms with Gasteiger partial charge in [-0.05, 0) is 31.2 Å². The van der Waals surface area contributed by atoms with E-state index in [9.17, 15) is 0 Å². The number of hydrogen-bond donors (Lipinski definition) is 0. The topological polar surface area (TPSA) is 38.2 Å². The predicted molar refractivity (Wildman–Crippen MR) is 87.1 cm³/mol. The maximum atomic E-state index is 5.64. The van der Waals surface area contributed by atoms with Crippen molar-refractivity contribution in [2.45, 2.75) is 13.5 Å². The number of pyridine rings is 1. The average Bonchev–Trinajstić information content (AvgIpc) is 2.94. The zero-order valence-corrected chi connectivity index (χ0v) is 12.9. The molecule has 0 bridgehead atoms. The van der Waals surface area contributed by atoms with Crippen LogP contribution in [0.25, 0.3) is 10.2 Å². The molecule has 0 aliphatic carbocycles. The average molecular weight is 299 g/mol. The quantitative estimate of drug-likeness (QED) is 0.719. The minimum Gasteiger partial charge on any atom is -0.492 e. The summed E-state index contributed by atoms with van der Waals surface area (Å²) in [6.45, 7) is 3.37. The Morgan fingerprint density at radius 3 is 2.86 bits per heavy atom. The third-order valence-electron chi connectivity index (χ3n) is 3.12. The van der Waals surface area contributed by atoms with Crippen LogP contribution >= 0.6 is 11.3 Å². The lowest BCUT2D eigenvalue weighted by Crippen LogP contribution is -2.16. The summed E-state index contributed by atoms with van der Waals surface area (Å²) in [5, 5.41) is 0.975. The van der Waals surface area contributed by atoms with Crippen LogP contribution in [0.1, 0.15) is 12.6 Å². The summed E-state index contributed by atoms with van der Waals surface area (Å²) in [6.07, 6.45) is 1.81. The molecule has 5 heteroatoms. The highest BCUT2D eigenvalue weighted by atomic mass is 32.1. The first-order chi connectivity index (χ1) is 10.3. The minimum atomic E-state index is 0.649. The molecule has 0 spiro atoms. The minimum absolute atomic E-state index is 0.649. The molecule has 0 saturated heterocycles. The molecular weight excluding hydrogens is 282 g/mol. The molecule has 21 heavy (non-hydrogen) atoms. The summed E-state index contributed by atoms with van der Waals surface area (Å²) in [5.41, 5.74) is 1.97. The molecular formula is C16H17N3OS. The molecule has 0 aliphatic heterocycles. The molecule has 3 rings (SSSR count). The normalized spacial score (nSPS) is 10.8. The summed E-state index contributed by atoms with van der Waals surface area (Å²) < 4.78 is 6.79. The molecule has 4 nitrogen and oxygen atoms in total. The van der Waals surface area contributed by atoms with E-state index in [0.717, 1.165) is 33.3 Å². The van der Waals surface area contributed by atoms with Gasteiger partial charge in [0.25, 0.3) is 0 Å². The SMILES string of the molecule is CCOc1cccc2sc(N(C)Cc3ccccn3)nc12. The second-order valence-corrected chi connectivity index (χ2v) is 5.72. The summed E-state index contributed by atoms with van der Waals surface area (Å²) in [5.74, 6) is 0.851. The molecule has 0 radical (unpaired) electrons. The molecule has 2 aromatic heterocycles. The Morgan fingerprint density at radius 2 is 2.10 bits per heavy atom. The van der Waals surface area contributed by atoms with E-state index >= 15 is 0 Å². The van der Waals surface area contributed by atoms with Gasteiger partial charge in [-0.3, -0.25) is 4.98 Å². The molecule has 108 valence electrons. The van der Waals surface area contributed by atoms with E-state index in [2.05, 4.69) is 16.0 Å². The van der Waals surface area contributed by atoms with Crippen LogP contribution in [0.3, 0.4) is 0 Å². The van der Waals surface area contributed by atoms with Crippen molar-refractivity contribution >= 4 is 26.7 Å². The Balaban J connectivity index is 1.88. The van der Waals surface area contributed by atoms with Gasteiger partial charge in [-0.25, -0.2) is 4.98 Å². The molecule has 0 amide bonds. The Labute approximate surface area is 128 Å². The fourth-order valence-corrected chi connectivity index (χ4v) is 3.09. The molecule has 0 aliphatic rings. The van der Waals surface area contributed by atoms with Crippen molar-refractivity contribution in [2.24, 2.45) is 0 Å². The van der Waals surface area contributed by atoms with Gasteiger partial charge in [0.2, 0.25) is 0 Å². The van der Waals surface area contributed by atoms with Crippen molar-refractivity contribution in [1.82, 2.24) is 9.97 Å². The number of para-hydroxylation sites is 1. The van der Waals surface area contributed by atoms with Gasteiger partial charge in [-0.1, -0.05) is 23.5 Å². The van der Waals surface area contributed by atoms with Gasteiger partial charge in [0.05, 0.1) is 23.5 Å². The second-order valence-electron chi connectivity index (χ2n) is 4.71. The van der Waals surface area contributed by atoms with E-state index in [-0.39, 0.29) is 0 Å². The van der Waals surface area contributed by atoms with Gasteiger partial charge in [-0.2, -0.15) is 0 Å². The van der Waals surface area contributed by atoms with E-state index in [4.69, 9.17) is 9.72 Å². The van der Waals surface area contributed by atoms with Crippen LogP contribution in [-0.2, 0) is 6.54 Å². The second kappa shape index (κ2) is 6.10. The van der Waals surface area contributed by atoms with Crippen LogP contribution in [0.4, 0.5) is 5.13 Å². The van der Waals surface area contributed by atoms with Crippen LogP contribution in [0, 0.1) is 0 Å². The number of nitrogens with zero attached hydrogens (tertiary/aromatic N) is 3. The van der Waals surface area contributed by atoms with E-state index in [1.54, 1.807) is 11.3 Å². The number of thiazole rings is 1. The molecule has 1 aromatic carbocycles. The van der Waals surface area contributed by atoms with Crippen LogP contribution in [0.2, 0.25) is 0 Å². The van der Waals surface area contributed by atoms with Gasteiger partial charge in [0, 0.05) is 13.2 Å². The maximum Gasteiger partial charge on any atom is 0.186 e. The van der Waals surface area contributed by atoms with Crippen LogP contribution in [0.5, 0.6) is 5.75 Å². The highest BCUT2D eigenvalue weighted by Gasteiger charge is 2.12. The van der Waals surface area contributed by atoms with Crippen molar-refractivity contribution in [1.29, 1.82) is 0 Å². The van der Waals surface area contributed by atoms with Crippen molar-refractivity contribution in [3.8, 4) is 5.75 Å². The van der Waals surface area contributed by atoms with E-state index in [0.29, 0.717) is 6.61 Å². The van der Waals surface area contributed by atoms with E-state index in [1.165, 1.54) is 0 Å². The Hall–Kier alpha value is -2.14. The fraction of sp³-hybridized carbons (Fsp3) is 0.250. The smallest absolute Gasteiger partial charge is 0.186 e. The van der Waals surface area contributed by atoms with Gasteiger partial charge in [-0.15, -0.1) is 0 Å². The lowest BCUT2D eigenvalue weighted by Gasteiger charge is -2.14. The fourth-order valence-electron chi connectivity index (χ4n) is 2.15.